The molecule has 0 aliphatic carbocycles. The van der Waals surface area contributed by atoms with Crippen LogP contribution >= 0.6 is 0 Å². The molecule has 0 spiro atoms. The first-order valence-corrected chi connectivity index (χ1v) is 7.53. The monoisotopic (exact) mass is 268 g/mol. The topological polar surface area (TPSA) is 37.4 Å². The molecule has 0 N–H and O–H groups in total. The summed E-state index contributed by atoms with van der Waals surface area (Å²) >= 11 is 0. The summed E-state index contributed by atoms with van der Waals surface area (Å²) in [5.74, 6) is 0. The van der Waals surface area contributed by atoms with Gasteiger partial charge in [0.05, 0.1) is 5.25 Å². The Labute approximate surface area is 112 Å². The Kier molecular flexibility index (Phi) is 5.82. The molecular weight excluding hydrogens is 246 g/mol. The average molecular weight is 268 g/mol. The van der Waals surface area contributed by atoms with Crippen LogP contribution in [0.25, 0.3) is 0 Å². The summed E-state index contributed by atoms with van der Waals surface area (Å²) in [5.41, 5.74) is 0.844. The van der Waals surface area contributed by atoms with Gasteiger partial charge in [0, 0.05) is 18.6 Å². The molecule has 4 heteroatoms. The highest BCUT2D eigenvalue weighted by atomic mass is 32.2. The zero-order chi connectivity index (χ0) is 13.7. The van der Waals surface area contributed by atoms with Crippen molar-refractivity contribution in [2.24, 2.45) is 0 Å². The molecular formula is C14H22NO2S. The van der Waals surface area contributed by atoms with E-state index in [1.54, 1.807) is 12.1 Å². The Hall–Kier alpha value is -0.870. The van der Waals surface area contributed by atoms with E-state index in [9.17, 15) is 8.42 Å². The summed E-state index contributed by atoms with van der Waals surface area (Å²) in [6.45, 7) is 8.90. The third-order valence-electron chi connectivity index (χ3n) is 3.09. The Morgan fingerprint density at radius 1 is 1.11 bits per heavy atom. The minimum absolute atomic E-state index is 0.331. The van der Waals surface area contributed by atoms with E-state index in [4.69, 9.17) is 0 Å². The third kappa shape index (κ3) is 4.10. The van der Waals surface area contributed by atoms with Gasteiger partial charge in [-0.25, -0.2) is 8.42 Å². The molecule has 1 rings (SSSR count). The first kappa shape index (κ1) is 15.2. The zero-order valence-corrected chi connectivity index (χ0v) is 12.4. The second-order valence-corrected chi connectivity index (χ2v) is 6.21. The molecule has 3 nitrogen and oxygen atoms in total. The lowest BCUT2D eigenvalue weighted by Gasteiger charge is -2.32. The quantitative estimate of drug-likeness (QED) is 0.804. The zero-order valence-electron chi connectivity index (χ0n) is 11.5. The first-order valence-electron chi connectivity index (χ1n) is 6.28. The van der Waals surface area contributed by atoms with Crippen molar-refractivity contribution >= 4 is 10.7 Å². The van der Waals surface area contributed by atoms with Gasteiger partial charge in [-0.15, -0.1) is 0 Å². The molecule has 0 saturated carbocycles. The van der Waals surface area contributed by atoms with Crippen LogP contribution in [0.1, 0.15) is 38.5 Å². The van der Waals surface area contributed by atoms with Gasteiger partial charge in [-0.05, 0) is 39.3 Å². The third-order valence-corrected chi connectivity index (χ3v) is 4.06. The normalized spacial score (nSPS) is 13.8. The van der Waals surface area contributed by atoms with Crippen LogP contribution in [0.2, 0.25) is 0 Å². The van der Waals surface area contributed by atoms with E-state index in [1.165, 1.54) is 0 Å². The van der Waals surface area contributed by atoms with Gasteiger partial charge < -0.3 is 0 Å². The van der Waals surface area contributed by atoms with E-state index < -0.39 is 16.0 Å². The molecule has 101 valence electrons. The smallest absolute Gasteiger partial charge is 0.148 e. The molecule has 0 saturated heterocycles. The molecule has 1 aromatic rings. The van der Waals surface area contributed by atoms with Crippen molar-refractivity contribution in [1.82, 2.24) is 4.90 Å². The molecule has 0 heterocycles. The van der Waals surface area contributed by atoms with Gasteiger partial charge in [0.2, 0.25) is 0 Å². The van der Waals surface area contributed by atoms with Crippen molar-refractivity contribution in [1.29, 1.82) is 0 Å². The molecule has 1 aromatic carbocycles. The van der Waals surface area contributed by atoms with Gasteiger partial charge in [-0.3, -0.25) is 4.90 Å². The molecule has 0 aromatic heterocycles. The first-order chi connectivity index (χ1) is 8.43. The minimum Gasteiger partial charge on any atom is -0.297 e. The lowest BCUT2D eigenvalue weighted by molar-refractivity contribution is 0.175. The second kappa shape index (κ2) is 6.90. The molecule has 18 heavy (non-hydrogen) atoms. The summed E-state index contributed by atoms with van der Waals surface area (Å²) in [7, 11) is -2.48. The van der Waals surface area contributed by atoms with Crippen molar-refractivity contribution in [2.75, 3.05) is 6.54 Å². The van der Waals surface area contributed by atoms with Gasteiger partial charge >= 0.3 is 0 Å². The molecule has 0 aliphatic rings. The highest BCUT2D eigenvalue weighted by Gasteiger charge is 2.22. The van der Waals surface area contributed by atoms with E-state index in [0.29, 0.717) is 18.6 Å². The van der Waals surface area contributed by atoms with Crippen molar-refractivity contribution in [2.45, 2.75) is 45.0 Å². The maximum atomic E-state index is 11.5. The van der Waals surface area contributed by atoms with Crippen LogP contribution in [0.5, 0.6) is 0 Å². The summed E-state index contributed by atoms with van der Waals surface area (Å²) < 4.78 is 23.0. The summed E-state index contributed by atoms with van der Waals surface area (Å²) in [6, 6.07) is 10.8. The Balaban J connectivity index is 2.94. The van der Waals surface area contributed by atoms with Gasteiger partial charge in [0.1, 0.15) is 10.7 Å². The lowest BCUT2D eigenvalue weighted by Crippen LogP contribution is -2.40. The average Bonchev–Trinajstić information content (AvgIpc) is 2.29. The number of rotatable bonds is 6. The number of hydrogen-bond acceptors (Lipinski definition) is 3. The van der Waals surface area contributed by atoms with E-state index in [2.05, 4.69) is 38.7 Å². The largest absolute Gasteiger partial charge is 0.297 e. The minimum atomic E-state index is -2.48. The SMILES string of the molecule is CC(C)N(CC(c1cc[c]cc1)[SH](=O)=O)C(C)C. The van der Waals surface area contributed by atoms with E-state index in [1.807, 2.05) is 12.1 Å². The van der Waals surface area contributed by atoms with Crippen LogP contribution < -0.4 is 0 Å². The van der Waals surface area contributed by atoms with Crippen LogP contribution in [0.3, 0.4) is 0 Å². The van der Waals surface area contributed by atoms with Gasteiger partial charge in [0.15, 0.2) is 0 Å². The van der Waals surface area contributed by atoms with Crippen LogP contribution in [0.15, 0.2) is 24.3 Å². The van der Waals surface area contributed by atoms with Gasteiger partial charge in [-0.2, -0.15) is 0 Å². The van der Waals surface area contributed by atoms with Crippen LogP contribution in [0, 0.1) is 6.07 Å². The predicted octanol–water partition coefficient (Wildman–Crippen LogP) is 2.26. The molecule has 0 fully saturated rings. The molecule has 1 unspecified atom stereocenters. The standard InChI is InChI=1S/C14H22NO2S/c1-11(2)15(12(3)4)10-14(18(16)17)13-8-6-5-7-9-13/h6-9,11-12,14,18H,10H2,1-4H3. The molecule has 0 bridgehead atoms. The van der Waals surface area contributed by atoms with Crippen molar-refractivity contribution in [3.8, 4) is 0 Å². The fraction of sp³-hybridized carbons (Fsp3) is 0.571. The summed E-state index contributed by atoms with van der Waals surface area (Å²) in [6.07, 6.45) is 0. The van der Waals surface area contributed by atoms with Crippen molar-refractivity contribution < 1.29 is 8.42 Å². The van der Waals surface area contributed by atoms with Crippen LogP contribution in [0.4, 0.5) is 0 Å². The predicted molar refractivity (Wildman–Crippen MR) is 75.3 cm³/mol. The lowest BCUT2D eigenvalue weighted by atomic mass is 10.1. The van der Waals surface area contributed by atoms with Gasteiger partial charge in [-0.1, -0.05) is 24.3 Å². The number of benzene rings is 1. The van der Waals surface area contributed by atoms with E-state index in [0.717, 1.165) is 5.56 Å². The fourth-order valence-corrected chi connectivity index (χ4v) is 2.87. The van der Waals surface area contributed by atoms with Crippen LogP contribution in [-0.2, 0) is 10.7 Å². The Bertz CT molecular complexity index is 411. The maximum Gasteiger partial charge on any atom is 0.148 e. The van der Waals surface area contributed by atoms with Crippen LogP contribution in [-0.4, -0.2) is 31.9 Å². The van der Waals surface area contributed by atoms with Crippen molar-refractivity contribution in [3.05, 3.63) is 35.9 Å². The van der Waals surface area contributed by atoms with E-state index >= 15 is 0 Å². The Morgan fingerprint density at radius 3 is 2.00 bits per heavy atom. The van der Waals surface area contributed by atoms with E-state index in [-0.39, 0.29) is 0 Å². The number of hydrogen-bond donors (Lipinski definition) is 1. The maximum absolute atomic E-state index is 11.5. The molecule has 1 radical (unpaired) electrons. The molecule has 0 amide bonds. The Morgan fingerprint density at radius 2 is 1.61 bits per heavy atom. The number of thiol groups is 1. The van der Waals surface area contributed by atoms with Crippen molar-refractivity contribution in [3.63, 3.8) is 0 Å². The highest BCUT2D eigenvalue weighted by molar-refractivity contribution is 7.72. The number of nitrogens with zero attached hydrogens (tertiary/aromatic N) is 1. The fourth-order valence-electron chi connectivity index (χ4n) is 2.13. The highest BCUT2D eigenvalue weighted by Crippen LogP contribution is 2.20. The molecule has 0 aliphatic heterocycles. The second-order valence-electron chi connectivity index (χ2n) is 5.02. The summed E-state index contributed by atoms with van der Waals surface area (Å²) in [4.78, 5) is 2.20. The molecule has 1 atom stereocenters. The van der Waals surface area contributed by atoms with Gasteiger partial charge in [0.25, 0.3) is 0 Å². The summed E-state index contributed by atoms with van der Waals surface area (Å²) in [5, 5.41) is -0.445.